The van der Waals surface area contributed by atoms with E-state index >= 15 is 0 Å². The molecule has 2 unspecified atom stereocenters. The number of aromatic nitrogens is 1. The van der Waals surface area contributed by atoms with Gasteiger partial charge in [0.15, 0.2) is 5.78 Å². The minimum Gasteiger partial charge on any atom is -0.378 e. The van der Waals surface area contributed by atoms with Crippen LogP contribution in [0.2, 0.25) is 0 Å². The Morgan fingerprint density at radius 3 is 2.73 bits per heavy atom. The first-order valence-corrected chi connectivity index (χ1v) is 7.91. The molecule has 0 spiro atoms. The van der Waals surface area contributed by atoms with Crippen LogP contribution in [0.15, 0.2) is 36.5 Å². The third kappa shape index (κ3) is 2.23. The number of rotatable bonds is 2. The maximum atomic E-state index is 13.1. The lowest BCUT2D eigenvalue weighted by Crippen LogP contribution is -2.55. The van der Waals surface area contributed by atoms with Crippen LogP contribution in [0.3, 0.4) is 0 Å². The van der Waals surface area contributed by atoms with Gasteiger partial charge in [-0.15, -0.1) is 0 Å². The quantitative estimate of drug-likeness (QED) is 0.799. The van der Waals surface area contributed by atoms with Crippen LogP contribution in [-0.4, -0.2) is 48.0 Å². The van der Waals surface area contributed by atoms with Crippen molar-refractivity contribution in [3.8, 4) is 0 Å². The predicted octanol–water partition coefficient (Wildman–Crippen LogP) is 2.53. The zero-order chi connectivity index (χ0) is 15.1. The number of morpholine rings is 1. The van der Waals surface area contributed by atoms with Crippen molar-refractivity contribution in [3.63, 3.8) is 0 Å². The highest BCUT2D eigenvalue weighted by atomic mass is 16.5. The van der Waals surface area contributed by atoms with Crippen LogP contribution in [0.25, 0.3) is 10.9 Å². The van der Waals surface area contributed by atoms with E-state index in [0.717, 1.165) is 42.5 Å². The Kier molecular flexibility index (Phi) is 3.43. The number of nitrogens with zero attached hydrogens (tertiary/aromatic N) is 2. The second kappa shape index (κ2) is 5.45. The molecule has 2 aromatic rings. The largest absolute Gasteiger partial charge is 0.378 e. The fraction of sp³-hybridized carbons (Fsp3) is 0.444. The molecule has 0 N–H and O–H groups in total. The molecular weight excluding hydrogens is 276 g/mol. The van der Waals surface area contributed by atoms with Crippen LogP contribution >= 0.6 is 0 Å². The summed E-state index contributed by atoms with van der Waals surface area (Å²) in [6, 6.07) is 10.5. The van der Waals surface area contributed by atoms with E-state index in [0.29, 0.717) is 12.1 Å². The summed E-state index contributed by atoms with van der Waals surface area (Å²) in [4.78, 5) is 19.8. The van der Waals surface area contributed by atoms with Gasteiger partial charge < -0.3 is 4.74 Å². The number of pyridine rings is 1. The van der Waals surface area contributed by atoms with Crippen LogP contribution in [0.1, 0.15) is 23.2 Å². The van der Waals surface area contributed by atoms with E-state index in [9.17, 15) is 4.79 Å². The normalized spacial score (nSPS) is 28.7. The average Bonchev–Trinajstić information content (AvgIpc) is 2.53. The van der Waals surface area contributed by atoms with Crippen molar-refractivity contribution >= 4 is 16.7 Å². The number of Topliss-reactive ketones (excluding diaryl/α,β-unsaturated/α-hetero) is 1. The number of carbonyl (C=O) groups is 1. The van der Waals surface area contributed by atoms with Crippen LogP contribution in [-0.2, 0) is 4.74 Å². The lowest BCUT2D eigenvalue weighted by Gasteiger charge is -2.46. The molecule has 0 radical (unpaired) electrons. The van der Waals surface area contributed by atoms with Crippen molar-refractivity contribution in [2.24, 2.45) is 5.92 Å². The topological polar surface area (TPSA) is 42.4 Å². The Morgan fingerprint density at radius 2 is 1.95 bits per heavy atom. The van der Waals surface area contributed by atoms with Crippen molar-refractivity contribution in [1.29, 1.82) is 0 Å². The Bertz CT molecular complexity index is 696. The average molecular weight is 296 g/mol. The van der Waals surface area contributed by atoms with E-state index < -0.39 is 0 Å². The van der Waals surface area contributed by atoms with Crippen molar-refractivity contribution in [3.05, 3.63) is 42.1 Å². The number of likely N-dealkylation sites (N-methyl/N-ethyl adjacent to an activating group) is 1. The number of fused-ring (bicyclic) bond motifs is 3. The molecule has 1 aromatic carbocycles. The number of carbonyl (C=O) groups excluding carboxylic acids is 1. The number of hydrogen-bond donors (Lipinski definition) is 0. The second-order valence-electron chi connectivity index (χ2n) is 6.42. The second-order valence-corrected chi connectivity index (χ2v) is 6.42. The van der Waals surface area contributed by atoms with Gasteiger partial charge in [-0.3, -0.25) is 14.7 Å². The summed E-state index contributed by atoms with van der Waals surface area (Å²) in [5.41, 5.74) is 1.71. The van der Waals surface area contributed by atoms with Crippen molar-refractivity contribution in [2.75, 3.05) is 20.3 Å². The predicted molar refractivity (Wildman–Crippen MR) is 85.0 cm³/mol. The summed E-state index contributed by atoms with van der Waals surface area (Å²) in [5.74, 6) is 0.365. The number of ether oxygens (including phenoxy) is 1. The van der Waals surface area contributed by atoms with Gasteiger partial charge in [-0.05, 0) is 32.0 Å². The van der Waals surface area contributed by atoms with Gasteiger partial charge in [-0.25, -0.2) is 0 Å². The first-order chi connectivity index (χ1) is 10.7. The highest BCUT2D eigenvalue weighted by molar-refractivity contribution is 6.08. The minimum absolute atomic E-state index is 0.0981. The molecule has 114 valence electrons. The first kappa shape index (κ1) is 13.9. The maximum absolute atomic E-state index is 13.1. The van der Waals surface area contributed by atoms with E-state index in [2.05, 4.69) is 16.9 Å². The molecule has 4 rings (SSSR count). The molecule has 22 heavy (non-hydrogen) atoms. The third-order valence-corrected chi connectivity index (χ3v) is 5.17. The highest BCUT2D eigenvalue weighted by Crippen LogP contribution is 2.33. The van der Waals surface area contributed by atoms with Crippen molar-refractivity contribution in [1.82, 2.24) is 9.88 Å². The van der Waals surface area contributed by atoms with Gasteiger partial charge in [0.25, 0.3) is 0 Å². The van der Waals surface area contributed by atoms with Crippen LogP contribution in [0.5, 0.6) is 0 Å². The van der Waals surface area contributed by atoms with E-state index in [-0.39, 0.29) is 11.7 Å². The molecule has 3 heterocycles. The smallest absolute Gasteiger partial charge is 0.166 e. The standard InChI is InChI=1S/C18H20N2O2/c1-20-13-8-12(9-14(20)11-22-10-13)18(21)16-4-2-6-17-15(16)5-3-7-19-17/h2-7,12-14H,8-11H2,1H3. The highest BCUT2D eigenvalue weighted by Gasteiger charge is 2.39. The first-order valence-electron chi connectivity index (χ1n) is 7.91. The molecular formula is C18H20N2O2. The lowest BCUT2D eigenvalue weighted by atomic mass is 9.80. The molecule has 2 saturated heterocycles. The fourth-order valence-electron chi connectivity index (χ4n) is 3.85. The molecule has 0 aliphatic carbocycles. The van der Waals surface area contributed by atoms with Gasteiger partial charge in [0, 0.05) is 35.1 Å². The van der Waals surface area contributed by atoms with Gasteiger partial charge in [0.2, 0.25) is 0 Å². The Morgan fingerprint density at radius 1 is 1.18 bits per heavy atom. The summed E-state index contributed by atoms with van der Waals surface area (Å²) < 4.78 is 5.65. The Labute approximate surface area is 130 Å². The molecule has 2 bridgehead atoms. The fourth-order valence-corrected chi connectivity index (χ4v) is 3.85. The maximum Gasteiger partial charge on any atom is 0.166 e. The van der Waals surface area contributed by atoms with Crippen LogP contribution in [0, 0.1) is 5.92 Å². The monoisotopic (exact) mass is 296 g/mol. The molecule has 0 saturated carbocycles. The Hall–Kier alpha value is -1.78. The zero-order valence-corrected chi connectivity index (χ0v) is 12.7. The van der Waals surface area contributed by atoms with Crippen molar-refractivity contribution in [2.45, 2.75) is 24.9 Å². The van der Waals surface area contributed by atoms with Crippen LogP contribution < -0.4 is 0 Å². The molecule has 2 aliphatic heterocycles. The number of piperidine rings is 1. The lowest BCUT2D eigenvalue weighted by molar-refractivity contribution is -0.0702. The van der Waals surface area contributed by atoms with E-state index in [4.69, 9.17) is 4.74 Å². The molecule has 2 atom stereocenters. The summed E-state index contributed by atoms with van der Waals surface area (Å²) in [6.45, 7) is 1.49. The Balaban J connectivity index is 1.66. The molecule has 1 aromatic heterocycles. The molecule has 2 fully saturated rings. The SMILES string of the molecule is CN1C2COCC1CC(C(=O)c1cccc3ncccc13)C2. The summed E-state index contributed by atoms with van der Waals surface area (Å²) in [5, 5.41) is 0.968. The van der Waals surface area contributed by atoms with E-state index in [1.807, 2.05) is 30.3 Å². The summed E-state index contributed by atoms with van der Waals surface area (Å²) in [6.07, 6.45) is 3.55. The van der Waals surface area contributed by atoms with Crippen molar-refractivity contribution < 1.29 is 9.53 Å². The summed E-state index contributed by atoms with van der Waals surface area (Å²) >= 11 is 0. The number of ketones is 1. The molecule has 4 nitrogen and oxygen atoms in total. The van der Waals surface area contributed by atoms with Gasteiger partial charge >= 0.3 is 0 Å². The minimum atomic E-state index is 0.0981. The van der Waals surface area contributed by atoms with Gasteiger partial charge in [0.1, 0.15) is 0 Å². The summed E-state index contributed by atoms with van der Waals surface area (Å²) in [7, 11) is 2.15. The zero-order valence-electron chi connectivity index (χ0n) is 12.7. The van der Waals surface area contributed by atoms with Gasteiger partial charge in [-0.1, -0.05) is 18.2 Å². The van der Waals surface area contributed by atoms with Crippen LogP contribution in [0.4, 0.5) is 0 Å². The molecule has 4 heteroatoms. The number of benzene rings is 1. The third-order valence-electron chi connectivity index (χ3n) is 5.17. The van der Waals surface area contributed by atoms with E-state index in [1.165, 1.54) is 0 Å². The van der Waals surface area contributed by atoms with Gasteiger partial charge in [0.05, 0.1) is 18.7 Å². The molecule has 2 aliphatic rings. The van der Waals surface area contributed by atoms with Gasteiger partial charge in [-0.2, -0.15) is 0 Å². The molecule has 0 amide bonds. The van der Waals surface area contributed by atoms with E-state index in [1.54, 1.807) is 6.20 Å². The number of hydrogen-bond acceptors (Lipinski definition) is 4.